The summed E-state index contributed by atoms with van der Waals surface area (Å²) in [6.45, 7) is 11.2. The van der Waals surface area contributed by atoms with Crippen LogP contribution in [0.5, 0.6) is 0 Å². The van der Waals surface area contributed by atoms with Crippen molar-refractivity contribution in [3.05, 3.63) is 29.8 Å². The molecular weight excluding hydrogens is 226 g/mol. The largest absolute Gasteiger partial charge is 0.316 e. The topological polar surface area (TPSA) is 12.0 Å². The van der Waals surface area contributed by atoms with Crippen LogP contribution >= 0.6 is 11.8 Å². The fourth-order valence-electron chi connectivity index (χ4n) is 1.53. The van der Waals surface area contributed by atoms with Crippen LogP contribution in [0.1, 0.15) is 32.8 Å². The van der Waals surface area contributed by atoms with E-state index in [1.54, 1.807) is 0 Å². The highest BCUT2D eigenvalue weighted by atomic mass is 32.2. The van der Waals surface area contributed by atoms with Crippen LogP contribution in [-0.2, 0) is 0 Å². The Kier molecular flexibility index (Phi) is 6.07. The third-order valence-corrected chi connectivity index (χ3v) is 3.58. The molecule has 17 heavy (non-hydrogen) atoms. The molecule has 1 N–H and O–H groups in total. The van der Waals surface area contributed by atoms with Crippen molar-refractivity contribution in [2.75, 3.05) is 18.8 Å². The van der Waals surface area contributed by atoms with Gasteiger partial charge in [-0.2, -0.15) is 0 Å². The Morgan fingerprint density at radius 2 is 1.94 bits per heavy atom. The average molecular weight is 251 g/mol. The minimum absolute atomic E-state index is 0.441. The molecule has 0 aliphatic carbocycles. The Morgan fingerprint density at radius 3 is 2.59 bits per heavy atom. The first-order valence-electron chi connectivity index (χ1n) is 6.37. The number of hydrogen-bond donors (Lipinski definition) is 1. The molecule has 0 fully saturated rings. The van der Waals surface area contributed by atoms with Crippen LogP contribution in [-0.4, -0.2) is 18.8 Å². The lowest BCUT2D eigenvalue weighted by atomic mass is 9.92. The summed E-state index contributed by atoms with van der Waals surface area (Å²) < 4.78 is 0. The van der Waals surface area contributed by atoms with Crippen LogP contribution in [0.25, 0.3) is 0 Å². The molecule has 0 heterocycles. The summed E-state index contributed by atoms with van der Waals surface area (Å²) in [5, 5.41) is 3.51. The summed E-state index contributed by atoms with van der Waals surface area (Å²) in [5.74, 6) is 1.15. The van der Waals surface area contributed by atoms with Gasteiger partial charge in [0.25, 0.3) is 0 Å². The van der Waals surface area contributed by atoms with E-state index in [1.807, 2.05) is 11.8 Å². The normalized spacial score (nSPS) is 11.8. The monoisotopic (exact) mass is 251 g/mol. The molecule has 0 atom stereocenters. The first-order chi connectivity index (χ1) is 7.97. The summed E-state index contributed by atoms with van der Waals surface area (Å²) in [7, 11) is 0. The highest BCUT2D eigenvalue weighted by Crippen LogP contribution is 2.19. The molecule has 1 rings (SSSR count). The maximum Gasteiger partial charge on any atom is 0.0106 e. The molecule has 0 spiro atoms. The van der Waals surface area contributed by atoms with Crippen LogP contribution in [0.3, 0.4) is 0 Å². The molecule has 0 unspecified atom stereocenters. The Labute approximate surface area is 110 Å². The summed E-state index contributed by atoms with van der Waals surface area (Å²) in [5.41, 5.74) is 1.78. The van der Waals surface area contributed by atoms with Crippen molar-refractivity contribution in [2.24, 2.45) is 5.41 Å². The molecule has 0 saturated heterocycles. The van der Waals surface area contributed by atoms with E-state index in [1.165, 1.54) is 16.9 Å². The van der Waals surface area contributed by atoms with Gasteiger partial charge in [-0.3, -0.25) is 0 Å². The van der Waals surface area contributed by atoms with Crippen molar-refractivity contribution in [2.45, 2.75) is 39.0 Å². The van der Waals surface area contributed by atoms with E-state index in [2.05, 4.69) is 57.3 Å². The summed E-state index contributed by atoms with van der Waals surface area (Å²) in [6, 6.07) is 8.71. The first kappa shape index (κ1) is 14.6. The molecule has 1 nitrogen and oxygen atoms in total. The lowest BCUT2D eigenvalue weighted by Crippen LogP contribution is -2.22. The Balaban J connectivity index is 2.09. The van der Waals surface area contributed by atoms with Gasteiger partial charge in [-0.1, -0.05) is 38.5 Å². The number of benzene rings is 1. The van der Waals surface area contributed by atoms with Gasteiger partial charge in [0, 0.05) is 17.2 Å². The lowest BCUT2D eigenvalue weighted by molar-refractivity contribution is 0.369. The van der Waals surface area contributed by atoms with Crippen LogP contribution in [0.2, 0.25) is 0 Å². The molecule has 0 aliphatic heterocycles. The fraction of sp³-hybridized carbons (Fsp3) is 0.600. The molecule has 1 aromatic carbocycles. The van der Waals surface area contributed by atoms with Crippen LogP contribution < -0.4 is 5.32 Å². The molecule has 1 aromatic rings. The zero-order chi connectivity index (χ0) is 12.7. The summed E-state index contributed by atoms with van der Waals surface area (Å²) in [6.07, 6.45) is 1.24. The van der Waals surface area contributed by atoms with Gasteiger partial charge >= 0.3 is 0 Å². The molecule has 96 valence electrons. The Morgan fingerprint density at radius 1 is 1.18 bits per heavy atom. The van der Waals surface area contributed by atoms with E-state index in [-0.39, 0.29) is 0 Å². The van der Waals surface area contributed by atoms with Gasteiger partial charge in [-0.25, -0.2) is 0 Å². The number of hydrogen-bond acceptors (Lipinski definition) is 2. The van der Waals surface area contributed by atoms with Gasteiger partial charge in [-0.15, -0.1) is 11.8 Å². The highest BCUT2D eigenvalue weighted by molar-refractivity contribution is 7.99. The number of thioether (sulfide) groups is 1. The third-order valence-electron chi connectivity index (χ3n) is 2.59. The second-order valence-corrected chi connectivity index (χ2v) is 6.89. The molecular formula is C15H25NS. The first-order valence-corrected chi connectivity index (χ1v) is 7.36. The highest BCUT2D eigenvalue weighted by Gasteiger charge is 2.08. The quantitative estimate of drug-likeness (QED) is 0.603. The molecule has 0 amide bonds. The fourth-order valence-corrected chi connectivity index (χ4v) is 2.46. The minimum atomic E-state index is 0.441. The maximum atomic E-state index is 3.51. The second kappa shape index (κ2) is 7.07. The third kappa shape index (κ3) is 7.45. The number of aryl methyl sites for hydroxylation is 1. The molecule has 0 aliphatic rings. The van der Waals surface area contributed by atoms with Gasteiger partial charge in [0.05, 0.1) is 0 Å². The Hall–Kier alpha value is -0.470. The zero-order valence-electron chi connectivity index (χ0n) is 11.5. The smallest absolute Gasteiger partial charge is 0.0106 e. The summed E-state index contributed by atoms with van der Waals surface area (Å²) >= 11 is 1.93. The minimum Gasteiger partial charge on any atom is -0.316 e. The van der Waals surface area contributed by atoms with Crippen molar-refractivity contribution in [3.8, 4) is 0 Å². The van der Waals surface area contributed by atoms with Crippen molar-refractivity contribution in [1.29, 1.82) is 0 Å². The van der Waals surface area contributed by atoms with Crippen molar-refractivity contribution >= 4 is 11.8 Å². The van der Waals surface area contributed by atoms with Crippen molar-refractivity contribution < 1.29 is 0 Å². The molecule has 2 heteroatoms. The standard InChI is InChI=1S/C15H25NS/c1-13-6-5-7-14(12-13)17-11-10-16-9-8-15(2,3)4/h5-7,12,16H,8-11H2,1-4H3. The molecule has 0 aromatic heterocycles. The van der Waals surface area contributed by atoms with E-state index in [9.17, 15) is 0 Å². The summed E-state index contributed by atoms with van der Waals surface area (Å²) in [4.78, 5) is 1.38. The van der Waals surface area contributed by atoms with Crippen molar-refractivity contribution in [3.63, 3.8) is 0 Å². The van der Waals surface area contributed by atoms with Gasteiger partial charge < -0.3 is 5.32 Å². The van der Waals surface area contributed by atoms with Crippen LogP contribution in [0.15, 0.2) is 29.2 Å². The Bertz CT molecular complexity index is 328. The zero-order valence-corrected chi connectivity index (χ0v) is 12.4. The predicted octanol–water partition coefficient (Wildman–Crippen LogP) is 4.11. The lowest BCUT2D eigenvalue weighted by Gasteiger charge is -2.17. The van der Waals surface area contributed by atoms with Gasteiger partial charge in [0.1, 0.15) is 0 Å². The molecule has 0 saturated carbocycles. The predicted molar refractivity (Wildman–Crippen MR) is 78.8 cm³/mol. The number of rotatable bonds is 6. The van der Waals surface area contributed by atoms with Gasteiger partial charge in [0.15, 0.2) is 0 Å². The van der Waals surface area contributed by atoms with Gasteiger partial charge in [-0.05, 0) is 37.4 Å². The molecule has 0 bridgehead atoms. The SMILES string of the molecule is Cc1cccc(SCCNCCC(C)(C)C)c1. The average Bonchev–Trinajstić information content (AvgIpc) is 2.22. The van der Waals surface area contributed by atoms with E-state index >= 15 is 0 Å². The maximum absolute atomic E-state index is 3.51. The van der Waals surface area contributed by atoms with E-state index in [4.69, 9.17) is 0 Å². The van der Waals surface area contributed by atoms with E-state index in [0.29, 0.717) is 5.41 Å². The number of nitrogens with one attached hydrogen (secondary N) is 1. The van der Waals surface area contributed by atoms with E-state index < -0.39 is 0 Å². The second-order valence-electron chi connectivity index (χ2n) is 5.73. The van der Waals surface area contributed by atoms with Gasteiger partial charge in [0.2, 0.25) is 0 Å². The van der Waals surface area contributed by atoms with Crippen molar-refractivity contribution in [1.82, 2.24) is 5.32 Å². The van der Waals surface area contributed by atoms with Crippen LogP contribution in [0.4, 0.5) is 0 Å². The van der Waals surface area contributed by atoms with E-state index in [0.717, 1.165) is 18.8 Å². The molecule has 0 radical (unpaired) electrons. The van der Waals surface area contributed by atoms with Crippen LogP contribution in [0, 0.1) is 12.3 Å².